The lowest BCUT2D eigenvalue weighted by atomic mass is 10.1. The Balaban J connectivity index is 1.94. The number of hydrogen-bond acceptors (Lipinski definition) is 3. The molecule has 22 heavy (non-hydrogen) atoms. The second-order valence-electron chi connectivity index (χ2n) is 4.57. The summed E-state index contributed by atoms with van der Waals surface area (Å²) in [4.78, 5) is 23.8. The molecule has 1 aliphatic rings. The molecule has 3 rings (SSSR count). The first-order chi connectivity index (χ1) is 10.6. The van der Waals surface area contributed by atoms with Crippen LogP contribution in [-0.4, -0.2) is 18.4 Å². The van der Waals surface area contributed by atoms with Crippen LogP contribution in [0.5, 0.6) is 5.75 Å². The molecule has 0 saturated carbocycles. The van der Waals surface area contributed by atoms with Crippen LogP contribution >= 0.6 is 23.2 Å². The topological polar surface area (TPSA) is 67.4 Å². The van der Waals surface area contributed by atoms with Crippen LogP contribution in [0.15, 0.2) is 36.4 Å². The summed E-state index contributed by atoms with van der Waals surface area (Å²) in [6.45, 7) is -0.135. The Hall–Kier alpha value is -2.24. The van der Waals surface area contributed by atoms with Gasteiger partial charge >= 0.3 is 0 Å². The average molecular weight is 337 g/mol. The Morgan fingerprint density at radius 2 is 1.82 bits per heavy atom. The van der Waals surface area contributed by atoms with E-state index >= 15 is 0 Å². The third-order valence-electron chi connectivity index (χ3n) is 3.08. The number of anilines is 2. The maximum Gasteiger partial charge on any atom is 0.262 e. The highest BCUT2D eigenvalue weighted by Crippen LogP contribution is 2.34. The Bertz CT molecular complexity index is 757. The molecule has 0 spiro atoms. The summed E-state index contributed by atoms with van der Waals surface area (Å²) < 4.78 is 5.35. The molecule has 2 aromatic carbocycles. The lowest BCUT2D eigenvalue weighted by Gasteiger charge is -2.20. The minimum Gasteiger partial charge on any atom is -0.481 e. The SMILES string of the molecule is O=C1COc2c(cccc2C(=O)Nc2c(Cl)cccc2Cl)N1. The van der Waals surface area contributed by atoms with E-state index in [2.05, 4.69) is 10.6 Å². The van der Waals surface area contributed by atoms with Gasteiger partial charge in [-0.3, -0.25) is 9.59 Å². The van der Waals surface area contributed by atoms with Crippen LogP contribution < -0.4 is 15.4 Å². The van der Waals surface area contributed by atoms with Gasteiger partial charge in [-0.25, -0.2) is 0 Å². The van der Waals surface area contributed by atoms with E-state index in [0.29, 0.717) is 27.2 Å². The highest BCUT2D eigenvalue weighted by molar-refractivity contribution is 6.40. The van der Waals surface area contributed by atoms with E-state index in [1.165, 1.54) is 0 Å². The first-order valence-corrected chi connectivity index (χ1v) is 7.13. The van der Waals surface area contributed by atoms with Gasteiger partial charge < -0.3 is 15.4 Å². The third-order valence-corrected chi connectivity index (χ3v) is 3.71. The lowest BCUT2D eigenvalue weighted by Crippen LogP contribution is -2.27. The van der Waals surface area contributed by atoms with Crippen LogP contribution in [0.2, 0.25) is 10.0 Å². The molecular weight excluding hydrogens is 327 g/mol. The van der Waals surface area contributed by atoms with Crippen LogP contribution in [0, 0.1) is 0 Å². The lowest BCUT2D eigenvalue weighted by molar-refractivity contribution is -0.118. The standard InChI is InChI=1S/C15H10Cl2N2O3/c16-9-4-2-5-10(17)13(9)19-15(21)8-3-1-6-11-14(8)22-7-12(20)18-11/h1-6H,7H2,(H,18,20)(H,19,21). The summed E-state index contributed by atoms with van der Waals surface area (Å²) in [6, 6.07) is 9.84. The maximum absolute atomic E-state index is 12.5. The van der Waals surface area contributed by atoms with Gasteiger partial charge in [0.05, 0.1) is 27.0 Å². The molecule has 0 unspecified atom stereocenters. The molecule has 0 radical (unpaired) electrons. The molecule has 2 amide bonds. The fourth-order valence-electron chi connectivity index (χ4n) is 2.09. The van der Waals surface area contributed by atoms with Crippen molar-refractivity contribution in [2.24, 2.45) is 0 Å². The molecule has 112 valence electrons. The van der Waals surface area contributed by atoms with E-state index in [1.807, 2.05) is 0 Å². The second-order valence-corrected chi connectivity index (χ2v) is 5.38. The first-order valence-electron chi connectivity index (χ1n) is 6.37. The molecular formula is C15H10Cl2N2O3. The highest BCUT2D eigenvalue weighted by Gasteiger charge is 2.23. The number of rotatable bonds is 2. The quantitative estimate of drug-likeness (QED) is 0.880. The summed E-state index contributed by atoms with van der Waals surface area (Å²) in [6.07, 6.45) is 0. The van der Waals surface area contributed by atoms with Crippen molar-refractivity contribution >= 4 is 46.4 Å². The monoisotopic (exact) mass is 336 g/mol. The summed E-state index contributed by atoms with van der Waals surface area (Å²) >= 11 is 12.1. The van der Waals surface area contributed by atoms with E-state index < -0.39 is 5.91 Å². The molecule has 0 saturated heterocycles. The van der Waals surface area contributed by atoms with Gasteiger partial charge in [0.1, 0.15) is 0 Å². The van der Waals surface area contributed by atoms with E-state index in [1.54, 1.807) is 36.4 Å². The summed E-state index contributed by atoms with van der Waals surface area (Å²) in [5.41, 5.74) is 1.07. The third kappa shape index (κ3) is 2.73. The summed E-state index contributed by atoms with van der Waals surface area (Å²) in [5.74, 6) is -0.370. The molecule has 0 aromatic heterocycles. The predicted octanol–water partition coefficient (Wildman–Crippen LogP) is 3.58. The van der Waals surface area contributed by atoms with Crippen molar-refractivity contribution < 1.29 is 14.3 Å². The van der Waals surface area contributed by atoms with Gasteiger partial charge in [-0.2, -0.15) is 0 Å². The Morgan fingerprint density at radius 3 is 2.55 bits per heavy atom. The number of halogens is 2. The summed E-state index contributed by atoms with van der Waals surface area (Å²) in [5, 5.41) is 5.97. The molecule has 1 aliphatic heterocycles. The summed E-state index contributed by atoms with van der Waals surface area (Å²) in [7, 11) is 0. The van der Waals surface area contributed by atoms with Gasteiger partial charge in [0.2, 0.25) is 0 Å². The number of fused-ring (bicyclic) bond motifs is 1. The molecule has 0 fully saturated rings. The van der Waals surface area contributed by atoms with Gasteiger partial charge in [0, 0.05) is 0 Å². The van der Waals surface area contributed by atoms with E-state index in [0.717, 1.165) is 0 Å². The number of carbonyl (C=O) groups excluding carboxylic acids is 2. The van der Waals surface area contributed by atoms with Crippen LogP contribution in [0.25, 0.3) is 0 Å². The molecule has 2 aromatic rings. The van der Waals surface area contributed by atoms with E-state index in [-0.39, 0.29) is 18.1 Å². The van der Waals surface area contributed by atoms with Crippen molar-refractivity contribution in [3.63, 3.8) is 0 Å². The molecule has 2 N–H and O–H groups in total. The molecule has 7 heteroatoms. The van der Waals surface area contributed by atoms with Crippen molar-refractivity contribution in [2.75, 3.05) is 17.2 Å². The Kier molecular flexibility index (Phi) is 3.92. The maximum atomic E-state index is 12.5. The van der Waals surface area contributed by atoms with Crippen LogP contribution in [-0.2, 0) is 4.79 Å². The second kappa shape index (κ2) is 5.87. The number of carbonyl (C=O) groups is 2. The first kappa shape index (κ1) is 14.7. The zero-order valence-corrected chi connectivity index (χ0v) is 12.7. The zero-order chi connectivity index (χ0) is 15.7. The molecule has 5 nitrogen and oxygen atoms in total. The van der Waals surface area contributed by atoms with Crippen molar-refractivity contribution in [3.05, 3.63) is 52.0 Å². The van der Waals surface area contributed by atoms with Crippen molar-refractivity contribution in [1.82, 2.24) is 0 Å². The Morgan fingerprint density at radius 1 is 1.14 bits per heavy atom. The van der Waals surface area contributed by atoms with Crippen LogP contribution in [0.1, 0.15) is 10.4 Å². The van der Waals surface area contributed by atoms with Crippen LogP contribution in [0.4, 0.5) is 11.4 Å². The number of nitrogens with one attached hydrogen (secondary N) is 2. The van der Waals surface area contributed by atoms with Gasteiger partial charge in [-0.15, -0.1) is 0 Å². The number of hydrogen-bond donors (Lipinski definition) is 2. The zero-order valence-electron chi connectivity index (χ0n) is 11.2. The molecule has 0 bridgehead atoms. The molecule has 0 atom stereocenters. The minimum absolute atomic E-state index is 0.135. The molecule has 0 aliphatic carbocycles. The van der Waals surface area contributed by atoms with Gasteiger partial charge in [0.15, 0.2) is 12.4 Å². The van der Waals surface area contributed by atoms with Gasteiger partial charge in [-0.1, -0.05) is 35.3 Å². The number of ether oxygens (including phenoxy) is 1. The fourth-order valence-corrected chi connectivity index (χ4v) is 2.58. The highest BCUT2D eigenvalue weighted by atomic mass is 35.5. The van der Waals surface area contributed by atoms with E-state index in [9.17, 15) is 9.59 Å². The van der Waals surface area contributed by atoms with Gasteiger partial charge in [-0.05, 0) is 24.3 Å². The van der Waals surface area contributed by atoms with Crippen LogP contribution in [0.3, 0.4) is 0 Å². The normalized spacial score (nSPS) is 12.9. The fraction of sp³-hybridized carbons (Fsp3) is 0.0667. The number of amides is 2. The average Bonchev–Trinajstić information content (AvgIpc) is 2.50. The van der Waals surface area contributed by atoms with Crippen molar-refractivity contribution in [3.8, 4) is 5.75 Å². The number of para-hydroxylation sites is 2. The van der Waals surface area contributed by atoms with E-state index in [4.69, 9.17) is 27.9 Å². The Labute approximate surface area is 136 Å². The largest absolute Gasteiger partial charge is 0.481 e. The molecule has 1 heterocycles. The predicted molar refractivity (Wildman–Crippen MR) is 85.0 cm³/mol. The smallest absolute Gasteiger partial charge is 0.262 e. The van der Waals surface area contributed by atoms with Crippen molar-refractivity contribution in [1.29, 1.82) is 0 Å². The van der Waals surface area contributed by atoms with Crippen molar-refractivity contribution in [2.45, 2.75) is 0 Å². The number of benzene rings is 2. The minimum atomic E-state index is -0.428. The van der Waals surface area contributed by atoms with Gasteiger partial charge in [0.25, 0.3) is 11.8 Å².